The normalized spacial score (nSPS) is 9.64. The average Bonchev–Trinajstić information content (AvgIpc) is 2.14. The Bertz CT molecular complexity index is 156. The summed E-state index contributed by atoms with van der Waals surface area (Å²) < 4.78 is 0. The van der Waals surface area contributed by atoms with Crippen molar-refractivity contribution in [3.63, 3.8) is 0 Å². The van der Waals surface area contributed by atoms with Crippen LogP contribution in [0.5, 0.6) is 0 Å². The van der Waals surface area contributed by atoms with Gasteiger partial charge in [-0.3, -0.25) is 0 Å². The van der Waals surface area contributed by atoms with Crippen LogP contribution >= 0.6 is 0 Å². The number of carbonyl (C=O) groups excluding carboxylic acids is 1. The maximum Gasteiger partial charge on any atom is 0.472 e. The Morgan fingerprint density at radius 2 is 1.93 bits per heavy atom. The summed E-state index contributed by atoms with van der Waals surface area (Å²) in [7, 11) is -1.49. The van der Waals surface area contributed by atoms with E-state index in [9.17, 15) is 4.79 Å². The van der Waals surface area contributed by atoms with Crippen LogP contribution in [0.4, 0.5) is 4.79 Å². The number of carbonyl (C=O) groups is 1. The van der Waals surface area contributed by atoms with E-state index < -0.39 is 7.12 Å². The first kappa shape index (κ1) is 13.3. The molecule has 0 saturated carbocycles. The lowest BCUT2D eigenvalue weighted by Crippen LogP contribution is -2.41. The molecule has 0 spiro atoms. The van der Waals surface area contributed by atoms with Gasteiger partial charge in [0.05, 0.1) is 6.44 Å². The molecule has 0 aliphatic carbocycles. The van der Waals surface area contributed by atoms with Crippen LogP contribution in [-0.4, -0.2) is 36.2 Å². The molecular weight excluding hydrogens is 183 g/mol. The van der Waals surface area contributed by atoms with Crippen LogP contribution in [0.1, 0.15) is 32.6 Å². The fourth-order valence-corrected chi connectivity index (χ4v) is 1.00. The SMILES string of the molecule is CCCCCCNC(=O)NCB(O)O. The molecule has 0 aromatic heterocycles. The summed E-state index contributed by atoms with van der Waals surface area (Å²) in [5, 5.41) is 21.9. The molecule has 0 aromatic rings. The molecule has 0 bridgehead atoms. The van der Waals surface area contributed by atoms with Crippen molar-refractivity contribution in [2.45, 2.75) is 32.6 Å². The molecule has 0 unspecified atom stereocenters. The van der Waals surface area contributed by atoms with Crippen LogP contribution in [0.3, 0.4) is 0 Å². The zero-order valence-corrected chi connectivity index (χ0v) is 8.62. The molecule has 0 aliphatic heterocycles. The molecule has 0 aromatic carbocycles. The van der Waals surface area contributed by atoms with Crippen LogP contribution in [0.25, 0.3) is 0 Å². The molecule has 14 heavy (non-hydrogen) atoms. The van der Waals surface area contributed by atoms with Gasteiger partial charge < -0.3 is 20.7 Å². The van der Waals surface area contributed by atoms with E-state index in [2.05, 4.69) is 17.6 Å². The molecule has 0 fully saturated rings. The van der Waals surface area contributed by atoms with Crippen molar-refractivity contribution < 1.29 is 14.8 Å². The molecule has 0 radical (unpaired) electrons. The Labute approximate surface area is 85.0 Å². The van der Waals surface area contributed by atoms with Gasteiger partial charge in [0.2, 0.25) is 0 Å². The quantitative estimate of drug-likeness (QED) is 0.343. The van der Waals surface area contributed by atoms with Gasteiger partial charge in [-0.2, -0.15) is 0 Å². The second-order valence-electron chi connectivity index (χ2n) is 3.18. The van der Waals surface area contributed by atoms with Gasteiger partial charge in [-0.05, 0) is 6.42 Å². The van der Waals surface area contributed by atoms with Crippen LogP contribution in [-0.2, 0) is 0 Å². The smallest absolute Gasteiger partial charge is 0.426 e. The van der Waals surface area contributed by atoms with Crippen molar-refractivity contribution >= 4 is 13.1 Å². The molecule has 5 nitrogen and oxygen atoms in total. The Hall–Kier alpha value is -0.745. The molecule has 0 aliphatic rings. The highest BCUT2D eigenvalue weighted by molar-refractivity contribution is 6.41. The summed E-state index contributed by atoms with van der Waals surface area (Å²) >= 11 is 0. The zero-order valence-electron chi connectivity index (χ0n) is 8.62. The van der Waals surface area contributed by atoms with Crippen LogP contribution in [0.15, 0.2) is 0 Å². The molecule has 0 heterocycles. The largest absolute Gasteiger partial charge is 0.472 e. The van der Waals surface area contributed by atoms with E-state index in [-0.39, 0.29) is 12.5 Å². The number of hydrogen-bond acceptors (Lipinski definition) is 3. The lowest BCUT2D eigenvalue weighted by Gasteiger charge is -2.06. The van der Waals surface area contributed by atoms with Crippen LogP contribution < -0.4 is 10.6 Å². The van der Waals surface area contributed by atoms with Gasteiger partial charge in [0.1, 0.15) is 0 Å². The standard InChI is InChI=1S/C8H19BN2O3/c1-2-3-4-5-6-10-8(12)11-7-9(13)14/h13-14H,2-7H2,1H3,(H2,10,11,12). The Morgan fingerprint density at radius 1 is 1.21 bits per heavy atom. The van der Waals surface area contributed by atoms with E-state index in [1.165, 1.54) is 12.8 Å². The fraction of sp³-hybridized carbons (Fsp3) is 0.875. The van der Waals surface area contributed by atoms with Crippen molar-refractivity contribution in [1.29, 1.82) is 0 Å². The molecule has 2 amide bonds. The van der Waals surface area contributed by atoms with E-state index >= 15 is 0 Å². The van der Waals surface area contributed by atoms with Gasteiger partial charge in [0.15, 0.2) is 0 Å². The first-order chi connectivity index (χ1) is 6.66. The number of amides is 2. The van der Waals surface area contributed by atoms with Crippen LogP contribution in [0, 0.1) is 0 Å². The van der Waals surface area contributed by atoms with Gasteiger partial charge in [-0.25, -0.2) is 4.79 Å². The Balaban J connectivity index is 3.18. The highest BCUT2D eigenvalue weighted by Crippen LogP contribution is 1.96. The summed E-state index contributed by atoms with van der Waals surface area (Å²) in [6.07, 6.45) is 4.28. The lowest BCUT2D eigenvalue weighted by molar-refractivity contribution is 0.241. The second kappa shape index (κ2) is 8.84. The summed E-state index contributed by atoms with van der Waals surface area (Å²) in [6, 6.07) is -0.352. The number of nitrogens with one attached hydrogen (secondary N) is 2. The highest BCUT2D eigenvalue weighted by atomic mass is 16.4. The van der Waals surface area contributed by atoms with E-state index in [1.54, 1.807) is 0 Å². The van der Waals surface area contributed by atoms with Gasteiger partial charge in [0, 0.05) is 6.54 Å². The minimum absolute atomic E-state index is 0.138. The molecule has 4 N–H and O–H groups in total. The summed E-state index contributed by atoms with van der Waals surface area (Å²) in [4.78, 5) is 10.9. The maximum absolute atomic E-state index is 10.9. The zero-order chi connectivity index (χ0) is 10.8. The topological polar surface area (TPSA) is 81.6 Å². The van der Waals surface area contributed by atoms with Gasteiger partial charge in [0.25, 0.3) is 0 Å². The van der Waals surface area contributed by atoms with E-state index in [4.69, 9.17) is 10.0 Å². The summed E-state index contributed by atoms with van der Waals surface area (Å²) in [6.45, 7) is 2.76. The van der Waals surface area contributed by atoms with Crippen molar-refractivity contribution in [2.24, 2.45) is 0 Å². The Morgan fingerprint density at radius 3 is 2.50 bits per heavy atom. The van der Waals surface area contributed by atoms with E-state index in [1.807, 2.05) is 0 Å². The number of rotatable bonds is 7. The average molecular weight is 202 g/mol. The molecule has 6 heteroatoms. The third-order valence-corrected chi connectivity index (χ3v) is 1.76. The Kier molecular flexibility index (Phi) is 8.37. The maximum atomic E-state index is 10.9. The van der Waals surface area contributed by atoms with Crippen molar-refractivity contribution in [3.05, 3.63) is 0 Å². The monoisotopic (exact) mass is 202 g/mol. The van der Waals surface area contributed by atoms with Gasteiger partial charge in [-0.15, -0.1) is 0 Å². The lowest BCUT2D eigenvalue weighted by atomic mass is 9.93. The number of hydrogen-bond donors (Lipinski definition) is 4. The minimum Gasteiger partial charge on any atom is -0.426 e. The van der Waals surface area contributed by atoms with E-state index in [0.717, 1.165) is 12.8 Å². The van der Waals surface area contributed by atoms with Crippen molar-refractivity contribution in [2.75, 3.05) is 13.0 Å². The molecular formula is C8H19BN2O3. The van der Waals surface area contributed by atoms with Crippen molar-refractivity contribution in [3.8, 4) is 0 Å². The second-order valence-corrected chi connectivity index (χ2v) is 3.18. The first-order valence-corrected chi connectivity index (χ1v) is 5.04. The third kappa shape index (κ3) is 9.34. The molecule has 0 rings (SSSR count). The van der Waals surface area contributed by atoms with Gasteiger partial charge >= 0.3 is 13.1 Å². The number of urea groups is 1. The fourth-order valence-electron chi connectivity index (χ4n) is 1.00. The predicted molar refractivity (Wildman–Crippen MR) is 55.7 cm³/mol. The highest BCUT2D eigenvalue weighted by Gasteiger charge is 2.07. The predicted octanol–water partition coefficient (Wildman–Crippen LogP) is -0.122. The minimum atomic E-state index is -1.49. The van der Waals surface area contributed by atoms with Crippen molar-refractivity contribution in [1.82, 2.24) is 10.6 Å². The molecule has 0 saturated heterocycles. The van der Waals surface area contributed by atoms with Crippen LogP contribution in [0.2, 0.25) is 0 Å². The van der Waals surface area contributed by atoms with Gasteiger partial charge in [-0.1, -0.05) is 26.2 Å². The molecule has 0 atom stereocenters. The third-order valence-electron chi connectivity index (χ3n) is 1.76. The van der Waals surface area contributed by atoms with E-state index in [0.29, 0.717) is 6.54 Å². The summed E-state index contributed by atoms with van der Waals surface area (Å²) in [5.74, 6) is 0. The first-order valence-electron chi connectivity index (χ1n) is 5.04. The number of unbranched alkanes of at least 4 members (excludes halogenated alkanes) is 3. The molecule has 82 valence electrons. The summed E-state index contributed by atoms with van der Waals surface area (Å²) in [5.41, 5.74) is 0.